The van der Waals surface area contributed by atoms with Gasteiger partial charge in [0.1, 0.15) is 0 Å². The summed E-state index contributed by atoms with van der Waals surface area (Å²) >= 11 is 1.48. The molecular formula is C15H19F3N2OS. The highest BCUT2D eigenvalue weighted by molar-refractivity contribution is 7.99. The number of alkyl halides is 3. The summed E-state index contributed by atoms with van der Waals surface area (Å²) in [6.45, 7) is 2.18. The number of rotatable bonds is 5. The van der Waals surface area contributed by atoms with Crippen molar-refractivity contribution in [3.8, 4) is 0 Å². The Morgan fingerprint density at radius 1 is 1.36 bits per heavy atom. The predicted molar refractivity (Wildman–Crippen MR) is 81.7 cm³/mol. The molecule has 0 radical (unpaired) electrons. The smallest absolute Gasteiger partial charge is 0.351 e. The fraction of sp³-hybridized carbons (Fsp3) is 0.533. The first kappa shape index (κ1) is 17.1. The third-order valence-corrected chi connectivity index (χ3v) is 4.15. The van der Waals surface area contributed by atoms with Gasteiger partial charge in [-0.2, -0.15) is 24.9 Å². The molecule has 0 aromatic heterocycles. The van der Waals surface area contributed by atoms with Gasteiger partial charge in [0.25, 0.3) is 0 Å². The number of thioether (sulfide) groups is 1. The van der Waals surface area contributed by atoms with Gasteiger partial charge in [0.15, 0.2) is 0 Å². The van der Waals surface area contributed by atoms with Crippen LogP contribution in [-0.2, 0) is 17.5 Å². The van der Waals surface area contributed by atoms with Crippen molar-refractivity contribution in [2.75, 3.05) is 25.1 Å². The molecule has 1 aliphatic rings. The van der Waals surface area contributed by atoms with Crippen molar-refractivity contribution in [2.45, 2.75) is 25.2 Å². The van der Waals surface area contributed by atoms with E-state index in [4.69, 9.17) is 0 Å². The first-order valence-electron chi connectivity index (χ1n) is 7.05. The summed E-state index contributed by atoms with van der Waals surface area (Å²) in [7, 11) is 0. The molecule has 1 heterocycles. The minimum atomic E-state index is -4.29. The van der Waals surface area contributed by atoms with Gasteiger partial charge < -0.3 is 5.32 Å². The molecule has 0 saturated carbocycles. The standard InChI is InChI=1S/C15H19F3N2OS/c1-22-10-14(21)19-13-6-7-20(9-13)8-11-2-4-12(5-3-11)15(16,17)18/h2-5,13H,6-10H2,1H3,(H,19,21). The van der Waals surface area contributed by atoms with Crippen LogP contribution in [0.15, 0.2) is 24.3 Å². The molecule has 22 heavy (non-hydrogen) atoms. The number of carbonyl (C=O) groups excluding carboxylic acids is 1. The van der Waals surface area contributed by atoms with Crippen molar-refractivity contribution in [2.24, 2.45) is 0 Å². The molecule has 1 atom stereocenters. The van der Waals surface area contributed by atoms with Gasteiger partial charge in [-0.05, 0) is 30.4 Å². The molecule has 1 aliphatic heterocycles. The molecule has 1 aromatic carbocycles. The van der Waals surface area contributed by atoms with Gasteiger partial charge in [0.05, 0.1) is 11.3 Å². The fourth-order valence-corrected chi connectivity index (χ4v) is 2.90. The Labute approximate surface area is 132 Å². The van der Waals surface area contributed by atoms with E-state index in [9.17, 15) is 18.0 Å². The van der Waals surface area contributed by atoms with E-state index < -0.39 is 11.7 Å². The lowest BCUT2D eigenvalue weighted by Gasteiger charge is -2.17. The van der Waals surface area contributed by atoms with Crippen LogP contribution < -0.4 is 5.32 Å². The average Bonchev–Trinajstić information content (AvgIpc) is 2.85. The lowest BCUT2D eigenvalue weighted by atomic mass is 10.1. The van der Waals surface area contributed by atoms with Crippen molar-refractivity contribution in [1.29, 1.82) is 0 Å². The minimum Gasteiger partial charge on any atom is -0.351 e. The Hall–Kier alpha value is -1.21. The normalized spacial score (nSPS) is 19.4. The molecule has 122 valence electrons. The van der Waals surface area contributed by atoms with Crippen LogP contribution >= 0.6 is 11.8 Å². The predicted octanol–water partition coefficient (Wildman–Crippen LogP) is 2.76. The molecule has 0 aliphatic carbocycles. The molecule has 0 spiro atoms. The molecule has 1 unspecified atom stereocenters. The van der Waals surface area contributed by atoms with E-state index in [-0.39, 0.29) is 11.9 Å². The van der Waals surface area contributed by atoms with Crippen LogP contribution in [0.5, 0.6) is 0 Å². The second kappa shape index (κ2) is 7.37. The zero-order valence-corrected chi connectivity index (χ0v) is 13.1. The maximum atomic E-state index is 12.5. The van der Waals surface area contributed by atoms with Gasteiger partial charge in [0, 0.05) is 25.7 Å². The number of nitrogens with one attached hydrogen (secondary N) is 1. The van der Waals surface area contributed by atoms with E-state index in [0.29, 0.717) is 12.3 Å². The summed E-state index contributed by atoms with van der Waals surface area (Å²) in [5, 5.41) is 2.97. The van der Waals surface area contributed by atoms with Crippen LogP contribution in [0.1, 0.15) is 17.5 Å². The quantitative estimate of drug-likeness (QED) is 0.900. The summed E-state index contributed by atoms with van der Waals surface area (Å²) in [5.41, 5.74) is 0.226. The Morgan fingerprint density at radius 3 is 2.64 bits per heavy atom. The van der Waals surface area contributed by atoms with E-state index in [1.807, 2.05) is 6.26 Å². The first-order chi connectivity index (χ1) is 10.4. The lowest BCUT2D eigenvalue weighted by molar-refractivity contribution is -0.137. The molecule has 1 N–H and O–H groups in total. The molecule has 7 heteroatoms. The summed E-state index contributed by atoms with van der Waals surface area (Å²) in [5.74, 6) is 0.490. The maximum absolute atomic E-state index is 12.5. The van der Waals surface area contributed by atoms with Crippen molar-refractivity contribution in [3.05, 3.63) is 35.4 Å². The number of carbonyl (C=O) groups is 1. The molecule has 1 saturated heterocycles. The van der Waals surface area contributed by atoms with Crippen molar-refractivity contribution >= 4 is 17.7 Å². The van der Waals surface area contributed by atoms with E-state index in [2.05, 4.69) is 10.2 Å². The second-order valence-electron chi connectivity index (χ2n) is 5.42. The van der Waals surface area contributed by atoms with E-state index in [1.54, 1.807) is 0 Å². The lowest BCUT2D eigenvalue weighted by Crippen LogP contribution is -2.37. The minimum absolute atomic E-state index is 0.0360. The third-order valence-electron chi connectivity index (χ3n) is 3.60. The Morgan fingerprint density at radius 2 is 2.05 bits per heavy atom. The molecule has 2 rings (SSSR count). The summed E-state index contributed by atoms with van der Waals surface area (Å²) in [4.78, 5) is 13.7. The largest absolute Gasteiger partial charge is 0.416 e. The topological polar surface area (TPSA) is 32.3 Å². The van der Waals surface area contributed by atoms with Crippen LogP contribution in [0.4, 0.5) is 13.2 Å². The number of hydrogen-bond donors (Lipinski definition) is 1. The van der Waals surface area contributed by atoms with Gasteiger partial charge in [0.2, 0.25) is 5.91 Å². The first-order valence-corrected chi connectivity index (χ1v) is 8.44. The Kier molecular flexibility index (Phi) is 5.74. The van der Waals surface area contributed by atoms with Crippen molar-refractivity contribution in [1.82, 2.24) is 10.2 Å². The van der Waals surface area contributed by atoms with Crippen LogP contribution in [0.25, 0.3) is 0 Å². The highest BCUT2D eigenvalue weighted by atomic mass is 32.2. The van der Waals surface area contributed by atoms with Gasteiger partial charge in [-0.15, -0.1) is 0 Å². The summed E-state index contributed by atoms with van der Waals surface area (Å²) in [6.07, 6.45) is -1.54. The van der Waals surface area contributed by atoms with E-state index >= 15 is 0 Å². The van der Waals surface area contributed by atoms with Gasteiger partial charge in [-0.25, -0.2) is 0 Å². The van der Waals surface area contributed by atoms with Gasteiger partial charge in [-0.1, -0.05) is 12.1 Å². The zero-order valence-electron chi connectivity index (χ0n) is 12.3. The molecular weight excluding hydrogens is 313 g/mol. The monoisotopic (exact) mass is 332 g/mol. The second-order valence-corrected chi connectivity index (χ2v) is 6.28. The molecule has 0 bridgehead atoms. The van der Waals surface area contributed by atoms with Gasteiger partial charge >= 0.3 is 6.18 Å². The van der Waals surface area contributed by atoms with Crippen LogP contribution in [-0.4, -0.2) is 41.9 Å². The number of halogens is 3. The number of amides is 1. The highest BCUT2D eigenvalue weighted by Gasteiger charge is 2.30. The number of nitrogens with zero attached hydrogens (tertiary/aromatic N) is 1. The van der Waals surface area contributed by atoms with Crippen molar-refractivity contribution < 1.29 is 18.0 Å². The molecule has 1 fully saturated rings. The maximum Gasteiger partial charge on any atom is 0.416 e. The summed E-state index contributed by atoms with van der Waals surface area (Å²) in [6, 6.07) is 5.39. The van der Waals surface area contributed by atoms with E-state index in [1.165, 1.54) is 23.9 Å². The van der Waals surface area contributed by atoms with E-state index in [0.717, 1.165) is 37.2 Å². The molecule has 1 aromatic rings. The molecule has 3 nitrogen and oxygen atoms in total. The van der Waals surface area contributed by atoms with Crippen LogP contribution in [0, 0.1) is 0 Å². The summed E-state index contributed by atoms with van der Waals surface area (Å²) < 4.78 is 37.5. The average molecular weight is 332 g/mol. The Bertz CT molecular complexity index is 505. The fourth-order valence-electron chi connectivity index (χ4n) is 2.55. The van der Waals surface area contributed by atoms with Gasteiger partial charge in [-0.3, -0.25) is 9.69 Å². The third kappa shape index (κ3) is 4.91. The number of likely N-dealkylation sites (tertiary alicyclic amines) is 1. The SMILES string of the molecule is CSCC(=O)NC1CCN(Cc2ccc(C(F)(F)F)cc2)C1. The van der Waals surface area contributed by atoms with Crippen molar-refractivity contribution in [3.63, 3.8) is 0 Å². The number of benzene rings is 1. The van der Waals surface area contributed by atoms with Crippen LogP contribution in [0.3, 0.4) is 0 Å². The molecule has 1 amide bonds. The van der Waals surface area contributed by atoms with Crippen LogP contribution in [0.2, 0.25) is 0 Å². The highest BCUT2D eigenvalue weighted by Crippen LogP contribution is 2.29. The number of hydrogen-bond acceptors (Lipinski definition) is 3. The Balaban J connectivity index is 1.84. The zero-order chi connectivity index (χ0) is 16.2.